The number of hydrogen-bond acceptors (Lipinski definition) is 7. The summed E-state index contributed by atoms with van der Waals surface area (Å²) in [5.41, 5.74) is 1.74. The highest BCUT2D eigenvalue weighted by molar-refractivity contribution is 7.99. The van der Waals surface area contributed by atoms with Gasteiger partial charge >= 0.3 is 5.97 Å². The van der Waals surface area contributed by atoms with Crippen LogP contribution in [0.2, 0.25) is 0 Å². The first-order valence-corrected chi connectivity index (χ1v) is 10.1. The quantitative estimate of drug-likeness (QED) is 0.445. The number of carbonyl (C=O) groups is 2. The summed E-state index contributed by atoms with van der Waals surface area (Å²) in [7, 11) is 0. The zero-order valence-electron chi connectivity index (χ0n) is 16.4. The van der Waals surface area contributed by atoms with Crippen molar-refractivity contribution in [2.45, 2.75) is 38.6 Å². The number of rotatable bonds is 8. The van der Waals surface area contributed by atoms with Gasteiger partial charge in [-0.05, 0) is 45.0 Å². The van der Waals surface area contributed by atoms with Crippen LogP contribution in [0.15, 0.2) is 52.2 Å². The lowest BCUT2D eigenvalue weighted by atomic mass is 10.2. The van der Waals surface area contributed by atoms with Gasteiger partial charge < -0.3 is 14.5 Å². The van der Waals surface area contributed by atoms with Crippen LogP contribution in [0.4, 0.5) is 5.69 Å². The second kappa shape index (κ2) is 9.42. The summed E-state index contributed by atoms with van der Waals surface area (Å²) >= 11 is 1.20. The lowest BCUT2D eigenvalue weighted by Gasteiger charge is -2.13. The largest absolute Gasteiger partial charge is 0.461 e. The zero-order valence-corrected chi connectivity index (χ0v) is 17.2. The molecule has 0 unspecified atom stereocenters. The highest BCUT2D eigenvalue weighted by Crippen LogP contribution is 2.24. The summed E-state index contributed by atoms with van der Waals surface area (Å²) in [5.74, 6) is 0.323. The predicted molar refractivity (Wildman–Crippen MR) is 109 cm³/mol. The van der Waals surface area contributed by atoms with E-state index in [9.17, 15) is 9.59 Å². The van der Waals surface area contributed by atoms with Crippen molar-refractivity contribution in [3.05, 3.63) is 48.2 Å². The van der Waals surface area contributed by atoms with Crippen molar-refractivity contribution in [3.8, 4) is 11.6 Å². The predicted octanol–water partition coefficient (Wildman–Crippen LogP) is 3.53. The normalized spacial score (nSPS) is 11.8. The molecule has 0 aliphatic rings. The second-order valence-electron chi connectivity index (χ2n) is 6.30. The number of amides is 1. The minimum atomic E-state index is -0.910. The van der Waals surface area contributed by atoms with Gasteiger partial charge in [0.05, 0.1) is 12.0 Å². The van der Waals surface area contributed by atoms with E-state index in [0.29, 0.717) is 29.0 Å². The number of carbonyl (C=O) groups excluding carboxylic acids is 2. The number of nitrogens with one attached hydrogen (secondary N) is 1. The molecule has 8 nitrogen and oxygen atoms in total. The maximum absolute atomic E-state index is 12.2. The summed E-state index contributed by atoms with van der Waals surface area (Å²) in [6.07, 6.45) is 0.657. The second-order valence-corrected chi connectivity index (χ2v) is 7.25. The Balaban J connectivity index is 1.53. The van der Waals surface area contributed by atoms with Gasteiger partial charge in [0.15, 0.2) is 22.8 Å². The molecule has 0 spiro atoms. The van der Waals surface area contributed by atoms with Crippen molar-refractivity contribution in [3.63, 3.8) is 0 Å². The number of hydrogen-bond donors (Lipinski definition) is 1. The minimum absolute atomic E-state index is 0.0123. The van der Waals surface area contributed by atoms with E-state index in [1.807, 2.05) is 30.5 Å². The average Bonchev–Trinajstić information content (AvgIpc) is 3.37. The average molecular weight is 414 g/mol. The molecule has 0 bridgehead atoms. The Morgan fingerprint density at radius 3 is 2.66 bits per heavy atom. The topological polar surface area (TPSA) is 99.2 Å². The van der Waals surface area contributed by atoms with E-state index < -0.39 is 12.1 Å². The smallest absolute Gasteiger partial charge is 0.317 e. The maximum atomic E-state index is 12.2. The minimum Gasteiger partial charge on any atom is -0.461 e. The molecular formula is C20H22N4O4S. The Kier molecular flexibility index (Phi) is 6.71. The van der Waals surface area contributed by atoms with Crippen LogP contribution in [0.3, 0.4) is 0 Å². The van der Waals surface area contributed by atoms with Crippen molar-refractivity contribution in [1.29, 1.82) is 0 Å². The first kappa shape index (κ1) is 20.7. The van der Waals surface area contributed by atoms with Gasteiger partial charge in [0.2, 0.25) is 0 Å². The molecule has 1 atom stereocenters. The van der Waals surface area contributed by atoms with E-state index in [0.717, 1.165) is 5.56 Å². The number of furan rings is 1. The lowest BCUT2D eigenvalue weighted by Crippen LogP contribution is -2.30. The molecule has 9 heteroatoms. The molecule has 1 amide bonds. The molecule has 0 saturated carbocycles. The Bertz CT molecular complexity index is 967. The van der Waals surface area contributed by atoms with E-state index in [-0.39, 0.29) is 11.7 Å². The highest BCUT2D eigenvalue weighted by Gasteiger charge is 2.20. The van der Waals surface area contributed by atoms with Gasteiger partial charge in [-0.15, -0.1) is 10.2 Å². The third-order valence-corrected chi connectivity index (χ3v) is 5.03. The van der Waals surface area contributed by atoms with Crippen LogP contribution >= 0.6 is 11.8 Å². The Hall–Kier alpha value is -3.07. The molecule has 3 aromatic rings. The van der Waals surface area contributed by atoms with Gasteiger partial charge in [0, 0.05) is 12.2 Å². The monoisotopic (exact) mass is 414 g/mol. The first-order valence-electron chi connectivity index (χ1n) is 9.14. The van der Waals surface area contributed by atoms with Crippen molar-refractivity contribution >= 4 is 29.3 Å². The van der Waals surface area contributed by atoms with Crippen molar-refractivity contribution in [2.75, 3.05) is 11.1 Å². The molecule has 1 N–H and O–H groups in total. The molecule has 152 valence electrons. The summed E-state index contributed by atoms with van der Waals surface area (Å²) in [4.78, 5) is 24.4. The number of aromatic nitrogens is 3. The lowest BCUT2D eigenvalue weighted by molar-refractivity contribution is -0.150. The number of aryl methyl sites for hydroxylation is 1. The SMILES string of the molecule is CCn1c(SCC(=O)O[C@@H](C)C(=O)Nc2ccc(C)cc2)nnc1-c1ccco1. The third kappa shape index (κ3) is 5.26. The number of anilines is 1. The molecule has 3 rings (SSSR count). The number of benzene rings is 1. The van der Waals surface area contributed by atoms with Crippen molar-refractivity contribution < 1.29 is 18.7 Å². The van der Waals surface area contributed by atoms with Crippen LogP contribution in [0.5, 0.6) is 0 Å². The summed E-state index contributed by atoms with van der Waals surface area (Å²) in [6, 6.07) is 11.0. The molecule has 2 aromatic heterocycles. The van der Waals surface area contributed by atoms with Gasteiger partial charge in [-0.2, -0.15) is 0 Å². The van der Waals surface area contributed by atoms with Crippen LogP contribution in [0, 0.1) is 6.92 Å². The van der Waals surface area contributed by atoms with E-state index >= 15 is 0 Å². The molecule has 0 fully saturated rings. The molecule has 0 aliphatic carbocycles. The van der Waals surface area contributed by atoms with Gasteiger partial charge in [0.1, 0.15) is 0 Å². The molecule has 1 aromatic carbocycles. The number of thioether (sulfide) groups is 1. The summed E-state index contributed by atoms with van der Waals surface area (Å²) in [5, 5.41) is 11.6. The van der Waals surface area contributed by atoms with Crippen molar-refractivity contribution in [2.24, 2.45) is 0 Å². The molecule has 0 aliphatic heterocycles. The van der Waals surface area contributed by atoms with Crippen LogP contribution in [0.25, 0.3) is 11.6 Å². The third-order valence-electron chi connectivity index (χ3n) is 4.09. The fraction of sp³-hybridized carbons (Fsp3) is 0.300. The Morgan fingerprint density at radius 1 is 1.24 bits per heavy atom. The van der Waals surface area contributed by atoms with Crippen LogP contribution in [-0.4, -0.2) is 38.5 Å². The summed E-state index contributed by atoms with van der Waals surface area (Å²) in [6.45, 7) is 6.08. The van der Waals surface area contributed by atoms with Gasteiger partial charge in [-0.3, -0.25) is 14.2 Å². The first-order chi connectivity index (χ1) is 14.0. The molecule has 0 saturated heterocycles. The van der Waals surface area contributed by atoms with Gasteiger partial charge in [-0.25, -0.2) is 0 Å². The standard InChI is InChI=1S/C20H22N4O4S/c1-4-24-18(16-6-5-11-27-16)22-23-20(24)29-12-17(25)28-14(3)19(26)21-15-9-7-13(2)8-10-15/h5-11,14H,4,12H2,1-3H3,(H,21,26)/t14-/m0/s1. The highest BCUT2D eigenvalue weighted by atomic mass is 32.2. The molecule has 0 radical (unpaired) electrons. The number of nitrogens with zero attached hydrogens (tertiary/aromatic N) is 3. The Morgan fingerprint density at radius 2 is 2.00 bits per heavy atom. The zero-order chi connectivity index (χ0) is 20.8. The Labute approximate surface area is 172 Å². The summed E-state index contributed by atoms with van der Waals surface area (Å²) < 4.78 is 12.5. The van der Waals surface area contributed by atoms with Crippen molar-refractivity contribution in [1.82, 2.24) is 14.8 Å². The van der Waals surface area contributed by atoms with E-state index in [1.54, 1.807) is 30.5 Å². The molecular weight excluding hydrogens is 392 g/mol. The molecule has 29 heavy (non-hydrogen) atoms. The van der Waals surface area contributed by atoms with Gasteiger partial charge in [-0.1, -0.05) is 29.5 Å². The van der Waals surface area contributed by atoms with E-state index in [2.05, 4.69) is 15.5 Å². The fourth-order valence-electron chi connectivity index (χ4n) is 2.56. The number of ether oxygens (including phenoxy) is 1. The number of esters is 1. The van der Waals surface area contributed by atoms with Crippen LogP contribution in [-0.2, 0) is 20.9 Å². The van der Waals surface area contributed by atoms with E-state index in [1.165, 1.54) is 18.7 Å². The van der Waals surface area contributed by atoms with Crippen LogP contribution in [0.1, 0.15) is 19.4 Å². The van der Waals surface area contributed by atoms with E-state index in [4.69, 9.17) is 9.15 Å². The maximum Gasteiger partial charge on any atom is 0.317 e. The fourth-order valence-corrected chi connectivity index (χ4v) is 3.34. The molecule has 2 heterocycles. The van der Waals surface area contributed by atoms with Crippen LogP contribution < -0.4 is 5.32 Å². The van der Waals surface area contributed by atoms with Gasteiger partial charge in [0.25, 0.3) is 5.91 Å².